The van der Waals surface area contributed by atoms with Crippen molar-refractivity contribution in [3.63, 3.8) is 0 Å². The van der Waals surface area contributed by atoms with Gasteiger partial charge in [0.05, 0.1) is 0 Å². The van der Waals surface area contributed by atoms with Crippen LogP contribution in [0.25, 0.3) is 32.9 Å². The largest absolute Gasteiger partial charge is 0.508 e. The first-order chi connectivity index (χ1) is 14.1. The van der Waals surface area contributed by atoms with Gasteiger partial charge in [0.1, 0.15) is 17.1 Å². The van der Waals surface area contributed by atoms with Gasteiger partial charge in [-0.3, -0.25) is 0 Å². The Morgan fingerprint density at radius 3 is 2.79 bits per heavy atom. The summed E-state index contributed by atoms with van der Waals surface area (Å²) in [7, 11) is 0. The van der Waals surface area contributed by atoms with Crippen molar-refractivity contribution in [1.29, 1.82) is 0 Å². The van der Waals surface area contributed by atoms with Crippen molar-refractivity contribution in [3.8, 4) is 16.9 Å². The highest BCUT2D eigenvalue weighted by Gasteiger charge is 2.26. The van der Waals surface area contributed by atoms with Crippen LogP contribution in [0.5, 0.6) is 5.75 Å². The molecule has 0 bridgehead atoms. The lowest BCUT2D eigenvalue weighted by atomic mass is 9.97. The maximum atomic E-state index is 10.2. The van der Waals surface area contributed by atoms with Gasteiger partial charge in [0, 0.05) is 30.1 Å². The fraction of sp³-hybridized carbons (Fsp3) is 0.154. The van der Waals surface area contributed by atoms with E-state index >= 15 is 0 Å². The molecule has 144 valence electrons. The van der Waals surface area contributed by atoms with Gasteiger partial charge in [-0.15, -0.1) is 0 Å². The van der Waals surface area contributed by atoms with Crippen molar-refractivity contribution in [2.24, 2.45) is 0 Å². The van der Waals surface area contributed by atoms with E-state index in [0.29, 0.717) is 5.92 Å². The molecular weight excluding hydrogens is 358 g/mol. The summed E-state index contributed by atoms with van der Waals surface area (Å²) in [6.07, 6.45) is 2.86. The average Bonchev–Trinajstić information content (AvgIpc) is 3.39. The molecule has 1 N–H and O–H groups in total. The van der Waals surface area contributed by atoms with Crippen LogP contribution in [0, 0.1) is 0 Å². The zero-order chi connectivity index (χ0) is 20.0. The van der Waals surface area contributed by atoms with Crippen molar-refractivity contribution < 1.29 is 9.52 Å². The number of allylic oxidation sites excluding steroid dienone is 1. The fourth-order valence-corrected chi connectivity index (χ4v) is 4.34. The summed E-state index contributed by atoms with van der Waals surface area (Å²) in [5.41, 5.74) is 3.90. The molecular formula is C26H23NO2. The van der Waals surface area contributed by atoms with Gasteiger partial charge in [-0.05, 0) is 58.7 Å². The number of hydrogen-bond donors (Lipinski definition) is 1. The molecule has 0 amide bonds. The predicted octanol–water partition coefficient (Wildman–Crippen LogP) is 6.45. The van der Waals surface area contributed by atoms with Crippen molar-refractivity contribution in [2.75, 3.05) is 13.1 Å². The number of rotatable bonds is 4. The number of benzene rings is 3. The Labute approximate surface area is 170 Å². The topological polar surface area (TPSA) is 36.6 Å². The van der Waals surface area contributed by atoms with Crippen LogP contribution >= 0.6 is 0 Å². The number of fused-ring (bicyclic) bond motifs is 2. The molecule has 0 radical (unpaired) electrons. The Balaban J connectivity index is 1.53. The van der Waals surface area contributed by atoms with E-state index in [9.17, 15) is 5.11 Å². The molecule has 4 aromatic rings. The third kappa shape index (κ3) is 3.09. The van der Waals surface area contributed by atoms with Crippen molar-refractivity contribution in [1.82, 2.24) is 4.90 Å². The highest BCUT2D eigenvalue weighted by Crippen LogP contribution is 2.37. The normalized spacial score (nSPS) is 16.6. The first-order valence-corrected chi connectivity index (χ1v) is 9.94. The van der Waals surface area contributed by atoms with Crippen molar-refractivity contribution >= 4 is 21.7 Å². The first kappa shape index (κ1) is 17.6. The predicted molar refractivity (Wildman–Crippen MR) is 119 cm³/mol. The van der Waals surface area contributed by atoms with E-state index in [2.05, 4.69) is 48.4 Å². The first-order valence-electron chi connectivity index (χ1n) is 9.94. The van der Waals surface area contributed by atoms with Gasteiger partial charge in [0.2, 0.25) is 0 Å². The molecule has 1 fully saturated rings. The van der Waals surface area contributed by atoms with Crippen molar-refractivity contribution in [2.45, 2.75) is 12.3 Å². The van der Waals surface area contributed by atoms with Gasteiger partial charge in [-0.2, -0.15) is 0 Å². The van der Waals surface area contributed by atoms with E-state index in [4.69, 9.17) is 4.42 Å². The van der Waals surface area contributed by atoms with Crippen LogP contribution in [0.1, 0.15) is 18.1 Å². The summed E-state index contributed by atoms with van der Waals surface area (Å²) in [5, 5.41) is 13.4. The molecule has 0 aliphatic carbocycles. The van der Waals surface area contributed by atoms with Crippen LogP contribution in [-0.4, -0.2) is 23.1 Å². The molecule has 1 aliphatic rings. The number of phenolic OH excluding ortho intramolecular Hbond substituents is 1. The number of phenols is 1. The summed E-state index contributed by atoms with van der Waals surface area (Å²) in [5.74, 6) is 1.66. The Morgan fingerprint density at radius 1 is 1.07 bits per heavy atom. The third-order valence-electron chi connectivity index (χ3n) is 5.93. The number of aromatic hydroxyl groups is 1. The minimum atomic E-state index is 0.271. The third-order valence-corrected chi connectivity index (χ3v) is 5.93. The molecule has 2 heterocycles. The monoisotopic (exact) mass is 381 g/mol. The van der Waals surface area contributed by atoms with E-state index in [-0.39, 0.29) is 5.75 Å². The molecule has 3 heteroatoms. The maximum Gasteiger partial charge on any atom is 0.134 e. The quantitative estimate of drug-likeness (QED) is 0.413. The molecule has 1 aromatic heterocycles. The average molecular weight is 381 g/mol. The number of likely N-dealkylation sites (tertiary alicyclic amines) is 1. The zero-order valence-corrected chi connectivity index (χ0v) is 16.3. The van der Waals surface area contributed by atoms with Gasteiger partial charge in [-0.25, -0.2) is 0 Å². The minimum absolute atomic E-state index is 0.271. The lowest BCUT2D eigenvalue weighted by molar-refractivity contribution is 0.421. The van der Waals surface area contributed by atoms with Gasteiger partial charge in [0.25, 0.3) is 0 Å². The van der Waals surface area contributed by atoms with Crippen LogP contribution in [0.2, 0.25) is 0 Å². The molecule has 1 saturated heterocycles. The molecule has 5 rings (SSSR count). The van der Waals surface area contributed by atoms with E-state index < -0.39 is 0 Å². The number of hydrogen-bond acceptors (Lipinski definition) is 3. The van der Waals surface area contributed by atoms with Crippen LogP contribution in [0.3, 0.4) is 0 Å². The van der Waals surface area contributed by atoms with Crippen LogP contribution in [0.15, 0.2) is 90.0 Å². The van der Waals surface area contributed by atoms with Crippen LogP contribution < -0.4 is 0 Å². The molecule has 1 aliphatic heterocycles. The Hall–Kier alpha value is -3.46. The lowest BCUT2D eigenvalue weighted by Gasteiger charge is -2.17. The molecule has 29 heavy (non-hydrogen) atoms. The highest BCUT2D eigenvalue weighted by molar-refractivity contribution is 5.99. The van der Waals surface area contributed by atoms with Gasteiger partial charge < -0.3 is 14.4 Å². The Kier molecular flexibility index (Phi) is 4.17. The SMILES string of the molecule is C=CC(=C)N1CCC(c2cc3ccc(-c4cc(O)cc5ccccc45)cc3o2)C1. The van der Waals surface area contributed by atoms with Gasteiger partial charge >= 0.3 is 0 Å². The van der Waals surface area contributed by atoms with Crippen LogP contribution in [0.4, 0.5) is 0 Å². The van der Waals surface area contributed by atoms with E-state index in [0.717, 1.165) is 63.8 Å². The summed E-state index contributed by atoms with van der Waals surface area (Å²) < 4.78 is 6.27. The summed E-state index contributed by atoms with van der Waals surface area (Å²) >= 11 is 0. The summed E-state index contributed by atoms with van der Waals surface area (Å²) in [6.45, 7) is 9.77. The molecule has 1 atom stereocenters. The second kappa shape index (κ2) is 6.85. The number of furan rings is 1. The van der Waals surface area contributed by atoms with E-state index in [1.807, 2.05) is 30.3 Å². The van der Waals surface area contributed by atoms with Crippen molar-refractivity contribution in [3.05, 3.63) is 91.4 Å². The number of nitrogens with zero attached hydrogens (tertiary/aromatic N) is 1. The highest BCUT2D eigenvalue weighted by atomic mass is 16.3. The molecule has 0 spiro atoms. The van der Waals surface area contributed by atoms with Crippen LogP contribution in [-0.2, 0) is 0 Å². The molecule has 3 aromatic carbocycles. The molecule has 0 saturated carbocycles. The van der Waals surface area contributed by atoms with Gasteiger partial charge in [-0.1, -0.05) is 49.6 Å². The molecule has 1 unspecified atom stereocenters. The van der Waals surface area contributed by atoms with E-state index in [1.54, 1.807) is 6.07 Å². The van der Waals surface area contributed by atoms with Gasteiger partial charge in [0.15, 0.2) is 0 Å². The Bertz CT molecular complexity index is 1250. The van der Waals surface area contributed by atoms with E-state index in [1.165, 1.54) is 0 Å². The lowest BCUT2D eigenvalue weighted by Crippen LogP contribution is -2.17. The smallest absolute Gasteiger partial charge is 0.134 e. The second-order valence-corrected chi connectivity index (χ2v) is 7.74. The summed E-state index contributed by atoms with van der Waals surface area (Å²) in [4.78, 5) is 2.26. The fourth-order valence-electron chi connectivity index (χ4n) is 4.34. The summed E-state index contributed by atoms with van der Waals surface area (Å²) in [6, 6.07) is 20.2. The zero-order valence-electron chi connectivity index (χ0n) is 16.3. The maximum absolute atomic E-state index is 10.2. The second-order valence-electron chi connectivity index (χ2n) is 7.74. The molecule has 3 nitrogen and oxygen atoms in total. The minimum Gasteiger partial charge on any atom is -0.508 e. The standard InChI is InChI=1S/C26H23NO2/c1-3-17(2)27-11-10-21(16-27)26-14-20-9-8-19(13-25(20)29-26)24-15-22(28)12-18-6-4-5-7-23(18)24/h3-9,12-15,21,28H,1-2,10-11,16H2. The Morgan fingerprint density at radius 2 is 1.93 bits per heavy atom.